The minimum Gasteiger partial charge on any atom is -0.258 e. The number of nitro benzene ring substituents is 1. The van der Waals surface area contributed by atoms with Gasteiger partial charge in [0.05, 0.1) is 11.0 Å². The van der Waals surface area contributed by atoms with Crippen molar-refractivity contribution in [2.24, 2.45) is 0 Å². The molecule has 0 saturated carbocycles. The molecule has 0 fully saturated rings. The highest BCUT2D eigenvalue weighted by Gasteiger charge is 2.17. The number of hydrogen-bond acceptors (Lipinski definition) is 3. The second-order valence-corrected chi connectivity index (χ2v) is 3.10. The first-order valence-corrected chi connectivity index (χ1v) is 4.48. The number of alkyl halides is 2. The number of nitrogens with zero attached hydrogens (tertiary/aromatic N) is 2. The Morgan fingerprint density at radius 3 is 2.69 bits per heavy atom. The number of halogens is 2. The molecule has 0 atom stereocenters. The topological polar surface area (TPSA) is 66.9 Å². The fourth-order valence-electron chi connectivity index (χ4n) is 1.29. The van der Waals surface area contributed by atoms with Crippen molar-refractivity contribution in [3.63, 3.8) is 0 Å². The van der Waals surface area contributed by atoms with Crippen molar-refractivity contribution in [1.82, 2.24) is 0 Å². The highest BCUT2D eigenvalue weighted by Crippen LogP contribution is 2.27. The van der Waals surface area contributed by atoms with E-state index in [-0.39, 0.29) is 24.1 Å². The maximum atomic E-state index is 12.3. The first-order chi connectivity index (χ1) is 7.56. The van der Waals surface area contributed by atoms with E-state index in [0.717, 1.165) is 12.1 Å². The van der Waals surface area contributed by atoms with Crippen molar-refractivity contribution in [2.75, 3.05) is 0 Å². The summed E-state index contributed by atoms with van der Waals surface area (Å²) in [6.45, 7) is 0. The average molecular weight is 226 g/mol. The largest absolute Gasteiger partial charge is 0.273 e. The summed E-state index contributed by atoms with van der Waals surface area (Å²) in [4.78, 5) is 9.93. The average Bonchev–Trinajstić information content (AvgIpc) is 2.25. The van der Waals surface area contributed by atoms with E-state index in [2.05, 4.69) is 0 Å². The van der Waals surface area contributed by atoms with Crippen molar-refractivity contribution >= 4 is 5.69 Å². The van der Waals surface area contributed by atoms with Crippen LogP contribution in [0, 0.1) is 21.4 Å². The Labute approximate surface area is 90.3 Å². The Kier molecular flexibility index (Phi) is 3.89. The van der Waals surface area contributed by atoms with Crippen LogP contribution in [0.4, 0.5) is 14.5 Å². The summed E-state index contributed by atoms with van der Waals surface area (Å²) in [6, 6.07) is 5.13. The molecule has 84 valence electrons. The molecule has 0 amide bonds. The summed E-state index contributed by atoms with van der Waals surface area (Å²) >= 11 is 0. The van der Waals surface area contributed by atoms with Gasteiger partial charge in [0, 0.05) is 23.6 Å². The Morgan fingerprint density at radius 2 is 2.19 bits per heavy atom. The molecule has 0 radical (unpaired) electrons. The molecule has 0 spiro atoms. The van der Waals surface area contributed by atoms with Crippen LogP contribution in [-0.4, -0.2) is 4.92 Å². The van der Waals surface area contributed by atoms with Gasteiger partial charge in [0.25, 0.3) is 12.1 Å². The Hall–Kier alpha value is -2.03. The second-order valence-electron chi connectivity index (χ2n) is 3.10. The first-order valence-electron chi connectivity index (χ1n) is 4.48. The van der Waals surface area contributed by atoms with E-state index in [0.29, 0.717) is 5.56 Å². The van der Waals surface area contributed by atoms with E-state index in [4.69, 9.17) is 5.26 Å². The van der Waals surface area contributed by atoms with Gasteiger partial charge in [0.1, 0.15) is 0 Å². The lowest BCUT2D eigenvalue weighted by molar-refractivity contribution is -0.385. The molecule has 1 rings (SSSR count). The molecule has 1 aromatic carbocycles. The van der Waals surface area contributed by atoms with Gasteiger partial charge in [-0.25, -0.2) is 8.78 Å². The smallest absolute Gasteiger partial charge is 0.258 e. The van der Waals surface area contributed by atoms with Crippen molar-refractivity contribution in [2.45, 2.75) is 19.3 Å². The molecule has 4 nitrogen and oxygen atoms in total. The van der Waals surface area contributed by atoms with Crippen LogP contribution >= 0.6 is 0 Å². The van der Waals surface area contributed by atoms with Gasteiger partial charge in [-0.05, 0) is 6.42 Å². The number of nitro groups is 1. The third-order valence-corrected chi connectivity index (χ3v) is 2.06. The molecule has 0 aliphatic carbocycles. The van der Waals surface area contributed by atoms with Gasteiger partial charge in [-0.1, -0.05) is 12.1 Å². The van der Waals surface area contributed by atoms with Crippen LogP contribution in [0.3, 0.4) is 0 Å². The summed E-state index contributed by atoms with van der Waals surface area (Å²) in [5.41, 5.74) is -0.434. The molecule has 16 heavy (non-hydrogen) atoms. The van der Waals surface area contributed by atoms with Crippen LogP contribution in [0.5, 0.6) is 0 Å². The van der Waals surface area contributed by atoms with Gasteiger partial charge in [-0.3, -0.25) is 10.1 Å². The highest BCUT2D eigenvalue weighted by molar-refractivity contribution is 5.44. The zero-order valence-electron chi connectivity index (χ0n) is 8.19. The molecular weight excluding hydrogens is 218 g/mol. The molecule has 0 bridgehead atoms. The van der Waals surface area contributed by atoms with E-state index in [1.54, 1.807) is 0 Å². The summed E-state index contributed by atoms with van der Waals surface area (Å²) in [6.07, 6.45) is -2.42. The predicted molar refractivity (Wildman–Crippen MR) is 52.0 cm³/mol. The monoisotopic (exact) mass is 226 g/mol. The Morgan fingerprint density at radius 1 is 1.50 bits per heavy atom. The van der Waals surface area contributed by atoms with E-state index < -0.39 is 11.3 Å². The number of aryl methyl sites for hydroxylation is 1. The van der Waals surface area contributed by atoms with Crippen molar-refractivity contribution < 1.29 is 13.7 Å². The quantitative estimate of drug-likeness (QED) is 0.585. The van der Waals surface area contributed by atoms with Crippen LogP contribution in [-0.2, 0) is 6.42 Å². The minimum atomic E-state index is -2.73. The zero-order chi connectivity index (χ0) is 12.1. The molecule has 0 unspecified atom stereocenters. The lowest BCUT2D eigenvalue weighted by Gasteiger charge is -2.03. The molecule has 0 aliphatic heterocycles. The highest BCUT2D eigenvalue weighted by atomic mass is 19.3. The van der Waals surface area contributed by atoms with Gasteiger partial charge in [0.2, 0.25) is 0 Å². The molecule has 0 aliphatic rings. The van der Waals surface area contributed by atoms with Crippen molar-refractivity contribution in [3.05, 3.63) is 39.4 Å². The Balaban J connectivity index is 3.10. The van der Waals surface area contributed by atoms with Gasteiger partial charge in [-0.2, -0.15) is 5.26 Å². The fraction of sp³-hybridized carbons (Fsp3) is 0.300. The van der Waals surface area contributed by atoms with E-state index >= 15 is 0 Å². The number of hydrogen-bond donors (Lipinski definition) is 0. The molecule has 0 N–H and O–H groups in total. The van der Waals surface area contributed by atoms with E-state index in [1.807, 2.05) is 6.07 Å². The molecule has 0 aromatic heterocycles. The third kappa shape index (κ3) is 2.73. The summed E-state index contributed by atoms with van der Waals surface area (Å²) in [5.74, 6) is 0. The molecule has 0 heterocycles. The van der Waals surface area contributed by atoms with Crippen LogP contribution in [0.15, 0.2) is 18.2 Å². The Bertz CT molecular complexity index is 441. The molecule has 6 heteroatoms. The van der Waals surface area contributed by atoms with Crippen molar-refractivity contribution in [3.8, 4) is 6.07 Å². The van der Waals surface area contributed by atoms with Gasteiger partial charge >= 0.3 is 0 Å². The SMILES string of the molecule is N#CCCc1ccc(C(F)F)cc1[N+](=O)[O-]. The molecule has 1 aromatic rings. The lowest BCUT2D eigenvalue weighted by Crippen LogP contribution is -1.97. The van der Waals surface area contributed by atoms with Crippen LogP contribution < -0.4 is 0 Å². The van der Waals surface area contributed by atoms with Gasteiger partial charge in [0.15, 0.2) is 0 Å². The van der Waals surface area contributed by atoms with Gasteiger partial charge in [-0.15, -0.1) is 0 Å². The van der Waals surface area contributed by atoms with Crippen LogP contribution in [0.2, 0.25) is 0 Å². The van der Waals surface area contributed by atoms with Crippen molar-refractivity contribution in [1.29, 1.82) is 5.26 Å². The summed E-state index contributed by atoms with van der Waals surface area (Å²) in [7, 11) is 0. The maximum absolute atomic E-state index is 12.3. The van der Waals surface area contributed by atoms with Crippen LogP contribution in [0.1, 0.15) is 24.0 Å². The number of benzene rings is 1. The fourth-order valence-corrected chi connectivity index (χ4v) is 1.29. The van der Waals surface area contributed by atoms with Gasteiger partial charge < -0.3 is 0 Å². The minimum absolute atomic E-state index is 0.120. The molecular formula is C10H8F2N2O2. The lowest BCUT2D eigenvalue weighted by atomic mass is 10.1. The maximum Gasteiger partial charge on any atom is 0.273 e. The predicted octanol–water partition coefficient (Wildman–Crippen LogP) is 2.99. The van der Waals surface area contributed by atoms with E-state index in [1.165, 1.54) is 6.07 Å². The number of nitriles is 1. The normalized spacial score (nSPS) is 10.1. The zero-order valence-corrected chi connectivity index (χ0v) is 8.19. The second kappa shape index (κ2) is 5.16. The summed E-state index contributed by atoms with van der Waals surface area (Å²) in [5, 5.41) is 19.0. The third-order valence-electron chi connectivity index (χ3n) is 2.06. The first kappa shape index (κ1) is 12.0. The van der Waals surface area contributed by atoms with Crippen LogP contribution in [0.25, 0.3) is 0 Å². The standard InChI is InChI=1S/C10H8F2N2O2/c11-10(12)8-4-3-7(2-1-5-13)9(6-8)14(15)16/h3-4,6,10H,1-2H2. The summed E-state index contributed by atoms with van der Waals surface area (Å²) < 4.78 is 24.6. The number of rotatable bonds is 4. The molecule has 0 saturated heterocycles. The van der Waals surface area contributed by atoms with E-state index in [9.17, 15) is 18.9 Å².